The van der Waals surface area contributed by atoms with Crippen LogP contribution in [0.5, 0.6) is 0 Å². The van der Waals surface area contributed by atoms with E-state index < -0.39 is 30.3 Å². The fourth-order valence-corrected chi connectivity index (χ4v) is 4.29. The summed E-state index contributed by atoms with van der Waals surface area (Å²) in [6.07, 6.45) is 1.74. The van der Waals surface area contributed by atoms with Gasteiger partial charge in [0, 0.05) is 30.6 Å². The van der Waals surface area contributed by atoms with E-state index in [1.165, 1.54) is 52.4 Å². The first-order valence-electron chi connectivity index (χ1n) is 11.8. The molecule has 0 fully saturated rings. The lowest BCUT2D eigenvalue weighted by Crippen LogP contribution is -2.16. The van der Waals surface area contributed by atoms with E-state index in [0.29, 0.717) is 23.3 Å². The van der Waals surface area contributed by atoms with Crippen LogP contribution in [0.15, 0.2) is 55.4 Å². The van der Waals surface area contributed by atoms with E-state index in [0.717, 1.165) is 4.68 Å². The van der Waals surface area contributed by atoms with Crippen LogP contribution in [0.2, 0.25) is 5.02 Å². The summed E-state index contributed by atoms with van der Waals surface area (Å²) in [5.74, 6) is -0.391. The number of hydrogen-bond acceptors (Lipinski definition) is 7. The zero-order valence-electron chi connectivity index (χ0n) is 20.8. The van der Waals surface area contributed by atoms with E-state index in [9.17, 15) is 22.0 Å². The van der Waals surface area contributed by atoms with Crippen LogP contribution in [-0.4, -0.2) is 57.7 Å². The van der Waals surface area contributed by atoms with Crippen LogP contribution < -0.4 is 0 Å². The van der Waals surface area contributed by atoms with Crippen molar-refractivity contribution in [2.45, 2.75) is 25.3 Å². The molecule has 0 N–H and O–H groups in total. The van der Waals surface area contributed by atoms with Crippen molar-refractivity contribution in [1.82, 2.24) is 44.5 Å². The van der Waals surface area contributed by atoms with Gasteiger partial charge in [-0.2, -0.15) is 32.1 Å². The Balaban J connectivity index is 1.51. The number of ether oxygens (including phenoxy) is 1. The summed E-state index contributed by atoms with van der Waals surface area (Å²) in [6.45, 7) is -3.30. The highest BCUT2D eigenvalue weighted by molar-refractivity contribution is 6.31. The van der Waals surface area contributed by atoms with Crippen LogP contribution in [0.25, 0.3) is 28.2 Å². The Hall–Kier alpha value is -4.31. The molecule has 0 unspecified atom stereocenters. The molecule has 17 heteroatoms. The topological polar surface area (TPSA) is 101 Å². The van der Waals surface area contributed by atoms with E-state index in [1.54, 1.807) is 13.2 Å². The van der Waals surface area contributed by atoms with Crippen molar-refractivity contribution in [1.29, 1.82) is 0 Å². The molecule has 10 nitrogen and oxygen atoms in total. The molecule has 0 amide bonds. The number of nitrogens with zero attached hydrogens (tertiary/aromatic N) is 9. The lowest BCUT2D eigenvalue weighted by Gasteiger charge is -2.18. The van der Waals surface area contributed by atoms with Crippen molar-refractivity contribution in [2.75, 3.05) is 6.61 Å². The van der Waals surface area contributed by atoms with Crippen molar-refractivity contribution >= 4 is 11.6 Å². The summed E-state index contributed by atoms with van der Waals surface area (Å²) in [4.78, 5) is 8.56. The number of hydrogen-bond donors (Lipinski definition) is 0. The molecule has 0 aliphatic heterocycles. The first-order valence-corrected chi connectivity index (χ1v) is 12.1. The minimum Gasteiger partial charge on any atom is -0.323 e. The summed E-state index contributed by atoms with van der Waals surface area (Å²) < 4.78 is 88.1. The Labute approximate surface area is 232 Å². The quantitative estimate of drug-likeness (QED) is 0.211. The second-order valence-corrected chi connectivity index (χ2v) is 9.03. The first-order chi connectivity index (χ1) is 19.5. The van der Waals surface area contributed by atoms with Crippen LogP contribution in [0.1, 0.15) is 23.9 Å². The third kappa shape index (κ3) is 5.92. The molecule has 5 aromatic rings. The molecule has 0 aliphatic rings. The van der Waals surface area contributed by atoms with Gasteiger partial charge in [0.05, 0.1) is 47.0 Å². The number of aryl methyl sites for hydroxylation is 1. The van der Waals surface area contributed by atoms with Gasteiger partial charge in [-0.3, -0.25) is 9.67 Å². The molecule has 41 heavy (non-hydrogen) atoms. The minimum absolute atomic E-state index is 0.0482. The van der Waals surface area contributed by atoms with Crippen LogP contribution in [-0.2, 0) is 18.0 Å². The van der Waals surface area contributed by atoms with Gasteiger partial charge in [0.15, 0.2) is 17.3 Å². The number of halogens is 7. The molecule has 0 aliphatic carbocycles. The summed E-state index contributed by atoms with van der Waals surface area (Å²) >= 11 is 5.98. The van der Waals surface area contributed by atoms with Crippen LogP contribution in [0.4, 0.5) is 26.3 Å². The Morgan fingerprint density at radius 2 is 1.80 bits per heavy atom. The second kappa shape index (κ2) is 11.3. The summed E-state index contributed by atoms with van der Waals surface area (Å²) in [7, 11) is 1.69. The van der Waals surface area contributed by atoms with Gasteiger partial charge in [-0.25, -0.2) is 18.7 Å². The highest BCUT2D eigenvalue weighted by Crippen LogP contribution is 2.35. The van der Waals surface area contributed by atoms with E-state index in [4.69, 9.17) is 11.6 Å². The van der Waals surface area contributed by atoms with E-state index in [-0.39, 0.29) is 34.9 Å². The molecular weight excluding hydrogens is 580 g/mol. The molecular formula is C24H18ClF6N9O. The van der Waals surface area contributed by atoms with Crippen molar-refractivity contribution in [3.8, 4) is 28.2 Å². The third-order valence-electron chi connectivity index (χ3n) is 6.05. The molecule has 0 radical (unpaired) electrons. The second-order valence-electron chi connectivity index (χ2n) is 8.63. The van der Waals surface area contributed by atoms with Gasteiger partial charge in [0.1, 0.15) is 6.33 Å². The molecule has 4 aromatic heterocycles. The smallest absolute Gasteiger partial charge is 0.323 e. The molecule has 0 bridgehead atoms. The fraction of sp³-hybridized carbons (Fsp3) is 0.250. The Kier molecular flexibility index (Phi) is 7.77. The Morgan fingerprint density at radius 3 is 2.44 bits per heavy atom. The van der Waals surface area contributed by atoms with Crippen LogP contribution in [0, 0.1) is 5.82 Å². The van der Waals surface area contributed by atoms with Crippen molar-refractivity contribution in [3.63, 3.8) is 0 Å². The molecule has 1 aromatic carbocycles. The van der Waals surface area contributed by atoms with E-state index >= 15 is 4.39 Å². The van der Waals surface area contributed by atoms with Crippen molar-refractivity contribution < 1.29 is 31.1 Å². The van der Waals surface area contributed by atoms with Crippen molar-refractivity contribution in [2.24, 2.45) is 7.05 Å². The average Bonchev–Trinajstić information content (AvgIpc) is 3.69. The summed E-state index contributed by atoms with van der Waals surface area (Å²) in [5, 5.41) is 14.7. The van der Waals surface area contributed by atoms with Crippen LogP contribution in [0.3, 0.4) is 0 Å². The predicted octanol–water partition coefficient (Wildman–Crippen LogP) is 5.35. The molecule has 0 saturated carbocycles. The maximum atomic E-state index is 15.3. The highest BCUT2D eigenvalue weighted by atomic mass is 35.5. The first kappa shape index (κ1) is 28.2. The number of alkyl halides is 5. The number of aromatic nitrogens is 9. The maximum absolute atomic E-state index is 15.3. The van der Waals surface area contributed by atoms with E-state index in [2.05, 4.69) is 35.2 Å². The van der Waals surface area contributed by atoms with Gasteiger partial charge in [0.25, 0.3) is 0 Å². The SMILES string of the molecule is Cn1ncnc1-c1cnn([C@H](CCOC(F)F)c2ccc(-c3c(-n4cc(C(F)(F)F)nn4)ccc(Cl)c3F)cn2)c1. The van der Waals surface area contributed by atoms with Crippen LogP contribution >= 0.6 is 11.6 Å². The van der Waals surface area contributed by atoms with Gasteiger partial charge in [-0.15, -0.1) is 5.10 Å². The van der Waals surface area contributed by atoms with E-state index in [1.807, 2.05) is 0 Å². The largest absolute Gasteiger partial charge is 0.436 e. The number of pyridine rings is 1. The Morgan fingerprint density at radius 1 is 1.00 bits per heavy atom. The maximum Gasteiger partial charge on any atom is 0.436 e. The molecule has 214 valence electrons. The van der Waals surface area contributed by atoms with Gasteiger partial charge in [-0.05, 0) is 24.6 Å². The van der Waals surface area contributed by atoms with Gasteiger partial charge < -0.3 is 4.74 Å². The molecule has 0 saturated heterocycles. The average molecular weight is 598 g/mol. The van der Waals surface area contributed by atoms with Gasteiger partial charge in [0.2, 0.25) is 0 Å². The standard InChI is InChI=1S/C24H18ClF6N9O/c1-38-22(33-12-35-38)14-9-34-39(10-14)17(6-7-41-23(27)28)16-4-2-13(8-32-16)20-18(5-3-15(25)21(20)26)40-11-19(36-37-40)24(29,30)31/h2-5,8-12,17,23H,6-7H2,1H3/t17-/m1/s1. The Bertz CT molecular complexity index is 1650. The van der Waals surface area contributed by atoms with Gasteiger partial charge in [-0.1, -0.05) is 22.9 Å². The number of rotatable bonds is 9. The van der Waals surface area contributed by atoms with Gasteiger partial charge >= 0.3 is 12.8 Å². The molecule has 5 rings (SSSR count). The highest BCUT2D eigenvalue weighted by Gasteiger charge is 2.35. The summed E-state index contributed by atoms with van der Waals surface area (Å²) in [5.41, 5.74) is -0.360. The predicted molar refractivity (Wildman–Crippen MR) is 131 cm³/mol. The summed E-state index contributed by atoms with van der Waals surface area (Å²) in [6, 6.07) is 4.77. The zero-order valence-corrected chi connectivity index (χ0v) is 21.6. The third-order valence-corrected chi connectivity index (χ3v) is 6.34. The van der Waals surface area contributed by atoms with Crippen molar-refractivity contribution in [3.05, 3.63) is 77.6 Å². The number of benzene rings is 1. The molecule has 0 spiro atoms. The monoisotopic (exact) mass is 597 g/mol. The molecule has 4 heterocycles. The lowest BCUT2D eigenvalue weighted by atomic mass is 10.0. The molecule has 1 atom stereocenters. The fourth-order valence-electron chi connectivity index (χ4n) is 4.13. The minimum atomic E-state index is -4.76. The normalized spacial score (nSPS) is 12.8. The zero-order chi connectivity index (χ0) is 29.3. The lowest BCUT2D eigenvalue weighted by molar-refractivity contribution is -0.141.